The fourth-order valence-corrected chi connectivity index (χ4v) is 1.48. The maximum Gasteiger partial charge on any atom is 0.318 e. The largest absolute Gasteiger partial charge is 0.341 e. The molecule has 1 atom stereocenters. The van der Waals surface area contributed by atoms with E-state index in [1.807, 2.05) is 20.8 Å². The Morgan fingerprint density at radius 1 is 1.15 bits per heavy atom. The van der Waals surface area contributed by atoms with Crippen LogP contribution in [0.25, 0.3) is 0 Å². The molecule has 0 unspecified atom stereocenters. The highest BCUT2D eigenvalue weighted by molar-refractivity contribution is 5.96. The van der Waals surface area contributed by atoms with E-state index in [0.29, 0.717) is 11.4 Å². The van der Waals surface area contributed by atoms with E-state index >= 15 is 0 Å². The summed E-state index contributed by atoms with van der Waals surface area (Å²) in [4.78, 5) is 23.2. The lowest BCUT2D eigenvalue weighted by molar-refractivity contribution is -0.119. The maximum absolute atomic E-state index is 12.0. The minimum atomic E-state index is -0.613. The van der Waals surface area contributed by atoms with Crippen molar-refractivity contribution in [3.8, 4) is 0 Å². The van der Waals surface area contributed by atoms with E-state index in [4.69, 9.17) is 5.73 Å². The molecule has 6 nitrogen and oxygen atoms in total. The molecule has 0 aliphatic heterocycles. The number of hydrogen-bond acceptors (Lipinski definition) is 3. The highest BCUT2D eigenvalue weighted by Gasteiger charge is 2.27. The molecule has 0 aromatic heterocycles. The van der Waals surface area contributed by atoms with Crippen LogP contribution in [0.3, 0.4) is 0 Å². The Hall–Kier alpha value is -2.08. The smallest absolute Gasteiger partial charge is 0.318 e. The van der Waals surface area contributed by atoms with Gasteiger partial charge in [0.25, 0.3) is 0 Å². The maximum atomic E-state index is 12.0. The normalized spacial score (nSPS) is 12.4. The fraction of sp³-hybridized carbons (Fsp3) is 0.429. The molecule has 0 heterocycles. The van der Waals surface area contributed by atoms with Crippen LogP contribution in [-0.2, 0) is 4.79 Å². The average Bonchev–Trinajstić information content (AvgIpc) is 2.36. The minimum Gasteiger partial charge on any atom is -0.341 e. The van der Waals surface area contributed by atoms with Crippen LogP contribution in [-0.4, -0.2) is 25.0 Å². The van der Waals surface area contributed by atoms with E-state index in [0.717, 1.165) is 0 Å². The van der Waals surface area contributed by atoms with Gasteiger partial charge in [-0.1, -0.05) is 26.8 Å². The van der Waals surface area contributed by atoms with E-state index in [1.165, 1.54) is 7.05 Å². The van der Waals surface area contributed by atoms with Gasteiger partial charge in [-0.2, -0.15) is 0 Å². The molecule has 110 valence electrons. The van der Waals surface area contributed by atoms with Gasteiger partial charge < -0.3 is 21.7 Å². The number of hydrogen-bond donors (Lipinski definition) is 4. The molecule has 5 N–H and O–H groups in total. The standard InChI is InChI=1S/C14H22N4O2/c1-14(2,3)11(15)12(19)17-9-6-5-7-10(8-9)18-13(20)16-4/h5-8,11H,15H2,1-4H3,(H,17,19)(H2,16,18,20)/t11-/m1/s1. The van der Waals surface area contributed by atoms with Crippen molar-refractivity contribution in [3.63, 3.8) is 0 Å². The second-order valence-corrected chi connectivity index (χ2v) is 5.62. The second kappa shape index (κ2) is 6.38. The van der Waals surface area contributed by atoms with E-state index in [1.54, 1.807) is 24.3 Å². The zero-order valence-corrected chi connectivity index (χ0v) is 12.3. The molecule has 0 spiro atoms. The van der Waals surface area contributed by atoms with Gasteiger partial charge in [-0.05, 0) is 23.6 Å². The molecule has 0 saturated carbocycles. The van der Waals surface area contributed by atoms with E-state index in [-0.39, 0.29) is 17.4 Å². The molecule has 0 fully saturated rings. The number of rotatable bonds is 3. The van der Waals surface area contributed by atoms with Crippen LogP contribution in [0.5, 0.6) is 0 Å². The number of benzene rings is 1. The van der Waals surface area contributed by atoms with Crippen LogP contribution in [0.4, 0.5) is 16.2 Å². The van der Waals surface area contributed by atoms with Crippen molar-refractivity contribution in [1.29, 1.82) is 0 Å². The monoisotopic (exact) mass is 278 g/mol. The summed E-state index contributed by atoms with van der Waals surface area (Å²) in [5.74, 6) is -0.255. The van der Waals surface area contributed by atoms with Gasteiger partial charge in [-0.15, -0.1) is 0 Å². The SMILES string of the molecule is CNC(=O)Nc1cccc(NC(=O)[C@@H](N)C(C)(C)C)c1. The lowest BCUT2D eigenvalue weighted by Gasteiger charge is -2.25. The number of carbonyl (C=O) groups excluding carboxylic acids is 2. The molecule has 1 rings (SSSR count). The topological polar surface area (TPSA) is 96.2 Å². The van der Waals surface area contributed by atoms with Crippen molar-refractivity contribution in [2.75, 3.05) is 17.7 Å². The van der Waals surface area contributed by atoms with Crippen molar-refractivity contribution in [2.45, 2.75) is 26.8 Å². The number of nitrogens with two attached hydrogens (primary N) is 1. The van der Waals surface area contributed by atoms with Gasteiger partial charge in [0.2, 0.25) is 5.91 Å². The third-order valence-electron chi connectivity index (χ3n) is 2.83. The van der Waals surface area contributed by atoms with Crippen LogP contribution < -0.4 is 21.7 Å². The van der Waals surface area contributed by atoms with Crippen LogP contribution >= 0.6 is 0 Å². The molecule has 0 saturated heterocycles. The first kappa shape index (κ1) is 16.0. The number of carbonyl (C=O) groups is 2. The Morgan fingerprint density at radius 2 is 1.70 bits per heavy atom. The van der Waals surface area contributed by atoms with Crippen molar-refractivity contribution in [1.82, 2.24) is 5.32 Å². The quantitative estimate of drug-likeness (QED) is 0.678. The van der Waals surface area contributed by atoms with Crippen molar-refractivity contribution in [2.24, 2.45) is 11.1 Å². The minimum absolute atomic E-state index is 0.255. The van der Waals surface area contributed by atoms with Crippen LogP contribution in [0, 0.1) is 5.41 Å². The van der Waals surface area contributed by atoms with Crippen LogP contribution in [0.15, 0.2) is 24.3 Å². The second-order valence-electron chi connectivity index (χ2n) is 5.62. The molecule has 3 amide bonds. The molecule has 6 heteroatoms. The summed E-state index contributed by atoms with van der Waals surface area (Å²) in [5, 5.41) is 7.83. The molecule has 20 heavy (non-hydrogen) atoms. The Bertz CT molecular complexity index is 494. The summed E-state index contributed by atoms with van der Waals surface area (Å²) in [6.07, 6.45) is 0. The lowest BCUT2D eigenvalue weighted by Crippen LogP contribution is -2.45. The van der Waals surface area contributed by atoms with Gasteiger partial charge in [-0.25, -0.2) is 4.79 Å². The molecule has 0 aliphatic carbocycles. The molecule has 0 bridgehead atoms. The van der Waals surface area contributed by atoms with Gasteiger partial charge in [0, 0.05) is 18.4 Å². The van der Waals surface area contributed by atoms with Crippen molar-refractivity contribution < 1.29 is 9.59 Å². The molecule has 0 radical (unpaired) electrons. The highest BCUT2D eigenvalue weighted by Crippen LogP contribution is 2.20. The van der Waals surface area contributed by atoms with Gasteiger partial charge >= 0.3 is 6.03 Å². The first-order valence-electron chi connectivity index (χ1n) is 6.39. The summed E-state index contributed by atoms with van der Waals surface area (Å²) in [6, 6.07) is 5.95. The summed E-state index contributed by atoms with van der Waals surface area (Å²) in [7, 11) is 1.53. The summed E-state index contributed by atoms with van der Waals surface area (Å²) in [6.45, 7) is 5.71. The zero-order valence-electron chi connectivity index (χ0n) is 12.3. The summed E-state index contributed by atoms with van der Waals surface area (Å²) in [5.41, 5.74) is 6.75. The van der Waals surface area contributed by atoms with Gasteiger partial charge in [0.05, 0.1) is 6.04 Å². The molecule has 1 aromatic carbocycles. The first-order chi connectivity index (χ1) is 9.24. The number of urea groups is 1. The first-order valence-corrected chi connectivity index (χ1v) is 6.39. The molecule has 0 aliphatic rings. The lowest BCUT2D eigenvalue weighted by atomic mass is 9.87. The van der Waals surface area contributed by atoms with E-state index in [2.05, 4.69) is 16.0 Å². The predicted molar refractivity (Wildman–Crippen MR) is 80.6 cm³/mol. The fourth-order valence-electron chi connectivity index (χ4n) is 1.48. The Balaban J connectivity index is 2.76. The Morgan fingerprint density at radius 3 is 2.20 bits per heavy atom. The third kappa shape index (κ3) is 4.55. The van der Waals surface area contributed by atoms with Gasteiger partial charge in [0.15, 0.2) is 0 Å². The van der Waals surface area contributed by atoms with Gasteiger partial charge in [0.1, 0.15) is 0 Å². The average molecular weight is 278 g/mol. The molecular formula is C14H22N4O2. The summed E-state index contributed by atoms with van der Waals surface area (Å²) < 4.78 is 0. The van der Waals surface area contributed by atoms with Crippen molar-refractivity contribution >= 4 is 23.3 Å². The molecule has 1 aromatic rings. The predicted octanol–water partition coefficient (Wildman–Crippen LogP) is 1.75. The Kier molecular flexibility index (Phi) is 5.10. The third-order valence-corrected chi connectivity index (χ3v) is 2.83. The van der Waals surface area contributed by atoms with E-state index < -0.39 is 6.04 Å². The van der Waals surface area contributed by atoms with Crippen molar-refractivity contribution in [3.05, 3.63) is 24.3 Å². The zero-order chi connectivity index (χ0) is 15.3. The van der Waals surface area contributed by atoms with E-state index in [9.17, 15) is 9.59 Å². The number of anilines is 2. The summed E-state index contributed by atoms with van der Waals surface area (Å²) >= 11 is 0. The van der Waals surface area contributed by atoms with Gasteiger partial charge in [-0.3, -0.25) is 4.79 Å². The van der Waals surface area contributed by atoms with Crippen LogP contribution in [0.2, 0.25) is 0 Å². The number of nitrogens with one attached hydrogen (secondary N) is 3. The van der Waals surface area contributed by atoms with Crippen LogP contribution in [0.1, 0.15) is 20.8 Å². The Labute approximate surface area is 119 Å². The highest BCUT2D eigenvalue weighted by atomic mass is 16.2. The molecular weight excluding hydrogens is 256 g/mol. The number of amides is 3.